The van der Waals surface area contributed by atoms with Gasteiger partial charge in [-0.2, -0.15) is 0 Å². The highest BCUT2D eigenvalue weighted by molar-refractivity contribution is 5.80. The second-order valence-corrected chi connectivity index (χ2v) is 6.89. The highest BCUT2D eigenvalue weighted by atomic mass is 16.5. The van der Waals surface area contributed by atoms with E-state index in [1.807, 2.05) is 67.6 Å². The van der Waals surface area contributed by atoms with Crippen molar-refractivity contribution in [2.24, 2.45) is 0 Å². The van der Waals surface area contributed by atoms with Gasteiger partial charge < -0.3 is 14.7 Å². The number of hydrogen-bond acceptors (Lipinski definition) is 3. The number of aliphatic hydroxyl groups excluding tert-OH is 1. The Hall–Kier alpha value is -2.17. The van der Waals surface area contributed by atoms with E-state index in [1.165, 1.54) is 0 Å². The molecular weight excluding hydrogens is 326 g/mol. The van der Waals surface area contributed by atoms with Crippen LogP contribution in [0.3, 0.4) is 0 Å². The molecule has 4 nitrogen and oxygen atoms in total. The maximum atomic E-state index is 12.7. The molecule has 0 bridgehead atoms. The van der Waals surface area contributed by atoms with E-state index in [4.69, 9.17) is 4.74 Å². The van der Waals surface area contributed by atoms with Crippen molar-refractivity contribution in [3.8, 4) is 0 Å². The highest BCUT2D eigenvalue weighted by Crippen LogP contribution is 2.29. The van der Waals surface area contributed by atoms with Crippen LogP contribution in [0.1, 0.15) is 37.3 Å². The number of benzene rings is 2. The molecule has 1 amide bonds. The van der Waals surface area contributed by atoms with E-state index in [0.29, 0.717) is 26.0 Å². The van der Waals surface area contributed by atoms with Crippen molar-refractivity contribution in [3.05, 3.63) is 71.8 Å². The minimum absolute atomic E-state index is 0.0482. The fourth-order valence-electron chi connectivity index (χ4n) is 3.61. The predicted molar refractivity (Wildman–Crippen MR) is 101 cm³/mol. The van der Waals surface area contributed by atoms with Gasteiger partial charge in [-0.25, -0.2) is 0 Å². The zero-order valence-corrected chi connectivity index (χ0v) is 15.3. The first kappa shape index (κ1) is 18.6. The Labute approximate surface area is 155 Å². The molecule has 1 N–H and O–H groups in total. The fraction of sp³-hybridized carbons (Fsp3) is 0.409. The third kappa shape index (κ3) is 4.51. The van der Waals surface area contributed by atoms with Gasteiger partial charge in [-0.1, -0.05) is 74.0 Å². The van der Waals surface area contributed by atoms with Gasteiger partial charge in [0.05, 0.1) is 31.3 Å². The van der Waals surface area contributed by atoms with Crippen molar-refractivity contribution in [1.82, 2.24) is 4.90 Å². The minimum atomic E-state index is -0.573. The predicted octanol–water partition coefficient (Wildman–Crippen LogP) is 3.53. The summed E-state index contributed by atoms with van der Waals surface area (Å²) in [5.74, 6) is 0.0482. The number of likely N-dealkylation sites (tertiary alicyclic amines) is 1. The fourth-order valence-corrected chi connectivity index (χ4v) is 3.61. The average Bonchev–Trinajstić information content (AvgIpc) is 2.97. The monoisotopic (exact) mass is 353 g/mol. The molecule has 3 rings (SSSR count). The Balaban J connectivity index is 1.74. The van der Waals surface area contributed by atoms with Crippen molar-refractivity contribution >= 4 is 5.91 Å². The molecule has 138 valence electrons. The van der Waals surface area contributed by atoms with Gasteiger partial charge in [0.1, 0.15) is 0 Å². The summed E-state index contributed by atoms with van der Waals surface area (Å²) in [7, 11) is 0. The topological polar surface area (TPSA) is 49.8 Å². The zero-order valence-electron chi connectivity index (χ0n) is 15.3. The summed E-state index contributed by atoms with van der Waals surface area (Å²) in [6.07, 6.45) is 1.000. The number of nitrogens with zero attached hydrogens (tertiary/aromatic N) is 1. The van der Waals surface area contributed by atoms with Gasteiger partial charge in [0.2, 0.25) is 5.91 Å². The molecule has 0 aliphatic carbocycles. The van der Waals surface area contributed by atoms with Crippen LogP contribution in [-0.4, -0.2) is 34.2 Å². The van der Waals surface area contributed by atoms with Crippen LogP contribution in [0, 0.1) is 0 Å². The molecule has 26 heavy (non-hydrogen) atoms. The summed E-state index contributed by atoms with van der Waals surface area (Å²) in [5, 5.41) is 10.7. The van der Waals surface area contributed by atoms with Crippen LogP contribution in [-0.2, 0) is 22.7 Å². The molecule has 4 heteroatoms. The molecule has 1 aliphatic rings. The molecule has 0 aromatic heterocycles. The van der Waals surface area contributed by atoms with Crippen molar-refractivity contribution in [2.45, 2.75) is 57.6 Å². The van der Waals surface area contributed by atoms with Crippen molar-refractivity contribution in [3.63, 3.8) is 0 Å². The van der Waals surface area contributed by atoms with E-state index in [2.05, 4.69) is 0 Å². The van der Waals surface area contributed by atoms with Crippen LogP contribution < -0.4 is 0 Å². The van der Waals surface area contributed by atoms with Gasteiger partial charge in [-0.15, -0.1) is 0 Å². The van der Waals surface area contributed by atoms with E-state index in [0.717, 1.165) is 17.5 Å². The van der Waals surface area contributed by atoms with Crippen LogP contribution in [0.5, 0.6) is 0 Å². The number of rotatable bonds is 8. The van der Waals surface area contributed by atoms with Crippen LogP contribution in [0.25, 0.3) is 0 Å². The lowest BCUT2D eigenvalue weighted by Crippen LogP contribution is -2.46. The van der Waals surface area contributed by atoms with Gasteiger partial charge in [0.25, 0.3) is 0 Å². The van der Waals surface area contributed by atoms with Crippen molar-refractivity contribution in [2.75, 3.05) is 0 Å². The molecular formula is C22H27NO3. The molecule has 0 saturated carbocycles. The summed E-state index contributed by atoms with van der Waals surface area (Å²) in [6, 6.07) is 19.6. The molecule has 0 spiro atoms. The smallest absolute Gasteiger partial charge is 0.226 e. The lowest BCUT2D eigenvalue weighted by molar-refractivity contribution is -0.131. The number of carbonyl (C=O) groups is 1. The van der Waals surface area contributed by atoms with Gasteiger partial charge in [0, 0.05) is 6.54 Å². The van der Waals surface area contributed by atoms with E-state index in [-0.39, 0.29) is 18.1 Å². The number of carbonyl (C=O) groups excluding carboxylic acids is 1. The zero-order chi connectivity index (χ0) is 18.4. The summed E-state index contributed by atoms with van der Waals surface area (Å²) >= 11 is 0. The Kier molecular flexibility index (Phi) is 6.42. The summed E-state index contributed by atoms with van der Waals surface area (Å²) in [5.41, 5.74) is 2.14. The molecule has 2 aromatic carbocycles. The van der Waals surface area contributed by atoms with Gasteiger partial charge in [-0.05, 0) is 17.5 Å². The molecule has 3 atom stereocenters. The first-order valence-electron chi connectivity index (χ1n) is 9.36. The van der Waals surface area contributed by atoms with E-state index < -0.39 is 6.10 Å². The lowest BCUT2D eigenvalue weighted by Gasteiger charge is -2.32. The normalized spacial score (nSPS) is 21.2. The molecule has 1 fully saturated rings. The van der Waals surface area contributed by atoms with E-state index in [1.54, 1.807) is 4.90 Å². The third-order valence-corrected chi connectivity index (χ3v) is 4.92. The van der Waals surface area contributed by atoms with Crippen molar-refractivity contribution < 1.29 is 14.6 Å². The summed E-state index contributed by atoms with van der Waals surface area (Å²) in [4.78, 5) is 14.5. The minimum Gasteiger partial charge on any atom is -0.391 e. The van der Waals surface area contributed by atoms with Gasteiger partial charge >= 0.3 is 0 Å². The number of aliphatic hydroxyl groups is 1. The number of hydrogen-bond donors (Lipinski definition) is 1. The molecule has 2 aromatic rings. The molecule has 0 unspecified atom stereocenters. The van der Waals surface area contributed by atoms with Crippen LogP contribution in [0.4, 0.5) is 0 Å². The van der Waals surface area contributed by atoms with Crippen LogP contribution >= 0.6 is 0 Å². The first-order chi connectivity index (χ1) is 12.7. The highest BCUT2D eigenvalue weighted by Gasteiger charge is 2.44. The van der Waals surface area contributed by atoms with Crippen molar-refractivity contribution in [1.29, 1.82) is 0 Å². The van der Waals surface area contributed by atoms with Crippen LogP contribution in [0.15, 0.2) is 60.7 Å². The van der Waals surface area contributed by atoms with Gasteiger partial charge in [-0.3, -0.25) is 4.79 Å². The maximum absolute atomic E-state index is 12.7. The maximum Gasteiger partial charge on any atom is 0.226 e. The molecule has 1 aliphatic heterocycles. The Bertz CT molecular complexity index is 689. The standard InChI is InChI=1S/C22H27NO3/c1-2-9-19(24)22-20(26-16-18-12-7-4-8-13-18)14-21(25)23(22)15-17-10-5-3-6-11-17/h3-8,10-13,19-20,22,24H,2,9,14-16H2,1H3/t19-,20+,22+/m1/s1. The third-order valence-electron chi connectivity index (χ3n) is 4.92. The quantitative estimate of drug-likeness (QED) is 0.790. The Morgan fingerprint density at radius 3 is 2.31 bits per heavy atom. The summed E-state index contributed by atoms with van der Waals surface area (Å²) < 4.78 is 6.08. The van der Waals surface area contributed by atoms with E-state index >= 15 is 0 Å². The number of amides is 1. The largest absolute Gasteiger partial charge is 0.391 e. The Morgan fingerprint density at radius 1 is 1.08 bits per heavy atom. The van der Waals surface area contributed by atoms with E-state index in [9.17, 15) is 9.90 Å². The number of ether oxygens (including phenoxy) is 1. The SMILES string of the molecule is CCC[C@@H](O)[C@H]1[C@@H](OCc2ccccc2)CC(=O)N1Cc1ccccc1. The summed E-state index contributed by atoms with van der Waals surface area (Å²) in [6.45, 7) is 3.00. The lowest BCUT2D eigenvalue weighted by atomic mass is 10.0. The molecule has 1 heterocycles. The molecule has 1 saturated heterocycles. The van der Waals surface area contributed by atoms with Gasteiger partial charge in [0.15, 0.2) is 0 Å². The Morgan fingerprint density at radius 2 is 1.69 bits per heavy atom. The second kappa shape index (κ2) is 8.97. The second-order valence-electron chi connectivity index (χ2n) is 6.89. The van der Waals surface area contributed by atoms with Crippen LogP contribution in [0.2, 0.25) is 0 Å². The average molecular weight is 353 g/mol. The first-order valence-corrected chi connectivity index (χ1v) is 9.36. The molecule has 0 radical (unpaired) electrons.